The fourth-order valence-electron chi connectivity index (χ4n) is 2.34. The van der Waals surface area contributed by atoms with E-state index in [9.17, 15) is 13.2 Å². The smallest absolute Gasteiger partial charge is 0.416 e. The van der Waals surface area contributed by atoms with Crippen molar-refractivity contribution in [2.75, 3.05) is 5.43 Å². The van der Waals surface area contributed by atoms with E-state index in [1.165, 1.54) is 18.3 Å². The van der Waals surface area contributed by atoms with Gasteiger partial charge in [0.1, 0.15) is 12.4 Å². The van der Waals surface area contributed by atoms with Crippen molar-refractivity contribution in [3.63, 3.8) is 0 Å². The average molecular weight is 405 g/mol. The van der Waals surface area contributed by atoms with Gasteiger partial charge in [0, 0.05) is 5.02 Å². The van der Waals surface area contributed by atoms with E-state index in [1.54, 1.807) is 36.4 Å². The van der Waals surface area contributed by atoms with Crippen LogP contribution in [0.2, 0.25) is 5.02 Å². The first-order chi connectivity index (χ1) is 13.4. The van der Waals surface area contributed by atoms with Crippen LogP contribution in [0.4, 0.5) is 18.9 Å². The molecule has 7 heteroatoms. The maximum absolute atomic E-state index is 12.7. The molecule has 0 spiro atoms. The number of ether oxygens (including phenoxy) is 1. The largest absolute Gasteiger partial charge is 0.489 e. The molecule has 3 aromatic rings. The third-order valence-electron chi connectivity index (χ3n) is 3.80. The second kappa shape index (κ2) is 8.80. The van der Waals surface area contributed by atoms with Crippen molar-refractivity contribution in [3.05, 3.63) is 94.5 Å². The summed E-state index contributed by atoms with van der Waals surface area (Å²) in [7, 11) is 0. The molecule has 28 heavy (non-hydrogen) atoms. The molecule has 0 aliphatic rings. The Morgan fingerprint density at radius 2 is 1.68 bits per heavy atom. The summed E-state index contributed by atoms with van der Waals surface area (Å²) in [5.41, 5.74) is 3.91. The van der Waals surface area contributed by atoms with E-state index >= 15 is 0 Å². The van der Waals surface area contributed by atoms with Gasteiger partial charge in [0.25, 0.3) is 0 Å². The second-order valence-corrected chi connectivity index (χ2v) is 6.37. The van der Waals surface area contributed by atoms with Gasteiger partial charge in [-0.2, -0.15) is 18.3 Å². The quantitative estimate of drug-likeness (QED) is 0.382. The number of alkyl halides is 3. The molecular weight excluding hydrogens is 389 g/mol. The molecule has 3 nitrogen and oxygen atoms in total. The third-order valence-corrected chi connectivity index (χ3v) is 4.05. The Morgan fingerprint density at radius 3 is 2.36 bits per heavy atom. The van der Waals surface area contributed by atoms with Crippen molar-refractivity contribution in [1.82, 2.24) is 0 Å². The van der Waals surface area contributed by atoms with Crippen molar-refractivity contribution in [2.45, 2.75) is 12.8 Å². The molecule has 0 unspecified atom stereocenters. The second-order valence-electron chi connectivity index (χ2n) is 5.93. The molecule has 0 atom stereocenters. The first-order valence-corrected chi connectivity index (χ1v) is 8.71. The monoisotopic (exact) mass is 404 g/mol. The highest BCUT2D eigenvalue weighted by Crippen LogP contribution is 2.30. The van der Waals surface area contributed by atoms with E-state index in [0.29, 0.717) is 17.4 Å². The van der Waals surface area contributed by atoms with Crippen molar-refractivity contribution in [1.29, 1.82) is 0 Å². The van der Waals surface area contributed by atoms with E-state index in [-0.39, 0.29) is 5.69 Å². The van der Waals surface area contributed by atoms with Crippen LogP contribution in [0.25, 0.3) is 0 Å². The number of hydrazone groups is 1. The molecule has 0 aliphatic heterocycles. The summed E-state index contributed by atoms with van der Waals surface area (Å²) in [5.74, 6) is 0.693. The van der Waals surface area contributed by atoms with E-state index in [2.05, 4.69) is 10.5 Å². The minimum Gasteiger partial charge on any atom is -0.489 e. The number of hydrogen-bond acceptors (Lipinski definition) is 3. The van der Waals surface area contributed by atoms with Crippen LogP contribution in [0.3, 0.4) is 0 Å². The highest BCUT2D eigenvalue weighted by molar-refractivity contribution is 6.30. The summed E-state index contributed by atoms with van der Waals surface area (Å²) in [5, 5.41) is 4.64. The van der Waals surface area contributed by atoms with Crippen molar-refractivity contribution in [2.24, 2.45) is 5.10 Å². The lowest BCUT2D eigenvalue weighted by atomic mass is 10.2. The summed E-state index contributed by atoms with van der Waals surface area (Å²) in [6, 6.07) is 19.4. The van der Waals surface area contributed by atoms with Gasteiger partial charge in [-0.15, -0.1) is 0 Å². The molecular formula is C21H16ClF3N2O. The number of anilines is 1. The number of rotatable bonds is 6. The van der Waals surface area contributed by atoms with Gasteiger partial charge >= 0.3 is 6.18 Å². The Labute approximate surface area is 165 Å². The molecule has 3 aromatic carbocycles. The maximum atomic E-state index is 12.7. The van der Waals surface area contributed by atoms with Gasteiger partial charge in [0.05, 0.1) is 17.5 Å². The predicted molar refractivity (Wildman–Crippen MR) is 105 cm³/mol. The van der Waals surface area contributed by atoms with Gasteiger partial charge in [-0.3, -0.25) is 5.43 Å². The van der Waals surface area contributed by atoms with E-state index in [4.69, 9.17) is 16.3 Å². The average Bonchev–Trinajstić information content (AvgIpc) is 2.68. The maximum Gasteiger partial charge on any atom is 0.416 e. The van der Waals surface area contributed by atoms with Gasteiger partial charge in [0.15, 0.2) is 0 Å². The standard InChI is InChI=1S/C21H16ClF3N2O/c22-18-8-4-16(5-9-18)14-28-20-10-6-15(7-11-20)13-26-27-19-3-1-2-17(12-19)21(23,24)25/h1-13,27H,14H2. The molecule has 144 valence electrons. The molecule has 0 fully saturated rings. The molecule has 0 amide bonds. The zero-order valence-electron chi connectivity index (χ0n) is 14.6. The minimum absolute atomic E-state index is 0.258. The summed E-state index contributed by atoms with van der Waals surface area (Å²) in [6.45, 7) is 0.418. The number of hydrogen-bond donors (Lipinski definition) is 1. The minimum atomic E-state index is -4.39. The molecule has 0 aromatic heterocycles. The van der Waals surface area contributed by atoms with E-state index in [1.807, 2.05) is 12.1 Å². The predicted octanol–water partition coefficient (Wildman–Crippen LogP) is 6.38. The van der Waals surface area contributed by atoms with Gasteiger partial charge in [-0.1, -0.05) is 29.8 Å². The summed E-state index contributed by atoms with van der Waals surface area (Å²) in [6.07, 6.45) is -2.87. The summed E-state index contributed by atoms with van der Waals surface area (Å²) >= 11 is 5.85. The molecule has 3 rings (SSSR count). The Hall–Kier alpha value is -2.99. The number of halogens is 4. The summed E-state index contributed by atoms with van der Waals surface area (Å²) < 4.78 is 43.8. The van der Waals surface area contributed by atoms with Crippen LogP contribution >= 0.6 is 11.6 Å². The van der Waals surface area contributed by atoms with Crippen LogP contribution < -0.4 is 10.2 Å². The zero-order chi connectivity index (χ0) is 20.0. The van der Waals surface area contributed by atoms with E-state index in [0.717, 1.165) is 23.3 Å². The number of benzene rings is 3. The summed E-state index contributed by atoms with van der Waals surface area (Å²) in [4.78, 5) is 0. The first-order valence-electron chi connectivity index (χ1n) is 8.34. The van der Waals surface area contributed by atoms with Crippen molar-refractivity contribution >= 4 is 23.5 Å². The zero-order valence-corrected chi connectivity index (χ0v) is 15.3. The Morgan fingerprint density at radius 1 is 0.964 bits per heavy atom. The highest BCUT2D eigenvalue weighted by atomic mass is 35.5. The molecule has 0 saturated heterocycles. The molecule has 0 heterocycles. The molecule has 0 radical (unpaired) electrons. The Bertz CT molecular complexity index is 939. The normalized spacial score (nSPS) is 11.6. The lowest BCUT2D eigenvalue weighted by molar-refractivity contribution is -0.137. The molecule has 1 N–H and O–H groups in total. The van der Waals surface area contributed by atoms with Crippen molar-refractivity contribution in [3.8, 4) is 5.75 Å². The van der Waals surface area contributed by atoms with Crippen LogP contribution in [0.15, 0.2) is 77.9 Å². The van der Waals surface area contributed by atoms with E-state index < -0.39 is 11.7 Å². The lowest BCUT2D eigenvalue weighted by Crippen LogP contribution is -2.05. The topological polar surface area (TPSA) is 33.6 Å². The van der Waals surface area contributed by atoms with Crippen LogP contribution in [-0.4, -0.2) is 6.21 Å². The van der Waals surface area contributed by atoms with Crippen LogP contribution in [0, 0.1) is 0 Å². The number of nitrogens with one attached hydrogen (secondary N) is 1. The van der Waals surface area contributed by atoms with Gasteiger partial charge in [-0.05, 0) is 65.7 Å². The molecule has 0 saturated carbocycles. The van der Waals surface area contributed by atoms with Crippen LogP contribution in [0.1, 0.15) is 16.7 Å². The Balaban J connectivity index is 1.54. The van der Waals surface area contributed by atoms with Crippen LogP contribution in [-0.2, 0) is 12.8 Å². The lowest BCUT2D eigenvalue weighted by Gasteiger charge is -2.08. The SMILES string of the molecule is FC(F)(F)c1cccc(NN=Cc2ccc(OCc3ccc(Cl)cc3)cc2)c1. The van der Waals surface area contributed by atoms with Crippen molar-refractivity contribution < 1.29 is 17.9 Å². The highest BCUT2D eigenvalue weighted by Gasteiger charge is 2.30. The fraction of sp³-hybridized carbons (Fsp3) is 0.0952. The number of nitrogens with zero attached hydrogens (tertiary/aromatic N) is 1. The fourth-order valence-corrected chi connectivity index (χ4v) is 2.47. The molecule has 0 aliphatic carbocycles. The van der Waals surface area contributed by atoms with Gasteiger partial charge in [-0.25, -0.2) is 0 Å². The van der Waals surface area contributed by atoms with Gasteiger partial charge < -0.3 is 4.74 Å². The third kappa shape index (κ3) is 5.76. The van der Waals surface area contributed by atoms with Crippen LogP contribution in [0.5, 0.6) is 5.75 Å². The molecule has 0 bridgehead atoms. The van der Waals surface area contributed by atoms with Gasteiger partial charge in [0.2, 0.25) is 0 Å². The Kier molecular flexibility index (Phi) is 6.21. The first kappa shape index (κ1) is 19.8.